The van der Waals surface area contributed by atoms with Gasteiger partial charge in [-0.05, 0) is 66.4 Å². The summed E-state index contributed by atoms with van der Waals surface area (Å²) in [6.45, 7) is 6.31. The lowest BCUT2D eigenvalue weighted by atomic mass is 9.98. The van der Waals surface area contributed by atoms with Crippen LogP contribution in [0.4, 0.5) is 10.1 Å². The molecule has 0 spiro atoms. The van der Waals surface area contributed by atoms with E-state index in [4.69, 9.17) is 15.5 Å². The predicted molar refractivity (Wildman–Crippen MR) is 152 cm³/mol. The maximum Gasteiger partial charge on any atom is 0.257 e. The molecule has 0 aliphatic carbocycles. The fraction of sp³-hybridized carbons (Fsp3) is 0.276. The molecule has 3 heterocycles. The van der Waals surface area contributed by atoms with Gasteiger partial charge in [0, 0.05) is 52.4 Å². The molecule has 1 atom stereocenters. The van der Waals surface area contributed by atoms with E-state index >= 15 is 0 Å². The van der Waals surface area contributed by atoms with Crippen molar-refractivity contribution in [2.24, 2.45) is 0 Å². The van der Waals surface area contributed by atoms with Crippen LogP contribution in [0, 0.1) is 12.7 Å². The highest BCUT2D eigenvalue weighted by Crippen LogP contribution is 2.37. The molecule has 2 aromatic heterocycles. The number of halogens is 1. The Morgan fingerprint density at radius 2 is 1.95 bits per heavy atom. The minimum absolute atomic E-state index is 0.0534. The lowest BCUT2D eigenvalue weighted by molar-refractivity contribution is -0.115. The Kier molecular flexibility index (Phi) is 8.81. The number of methoxy groups -OCH3 is 1. The van der Waals surface area contributed by atoms with Crippen LogP contribution in [0.3, 0.4) is 0 Å². The maximum atomic E-state index is 14.5. The van der Waals surface area contributed by atoms with E-state index in [1.54, 1.807) is 23.6 Å². The van der Waals surface area contributed by atoms with Gasteiger partial charge in [-0.15, -0.1) is 0 Å². The number of nitrogens with zero attached hydrogens (tertiary/aromatic N) is 2. The Balaban J connectivity index is 0.00000172. The Morgan fingerprint density at radius 3 is 2.62 bits per heavy atom. The van der Waals surface area contributed by atoms with E-state index in [0.29, 0.717) is 41.0 Å². The Bertz CT molecular complexity index is 1590. The van der Waals surface area contributed by atoms with Crippen molar-refractivity contribution in [1.82, 2.24) is 14.3 Å². The van der Waals surface area contributed by atoms with Crippen molar-refractivity contribution in [2.45, 2.75) is 51.5 Å². The van der Waals surface area contributed by atoms with Crippen LogP contribution in [-0.4, -0.2) is 28.1 Å². The van der Waals surface area contributed by atoms with E-state index in [0.717, 1.165) is 21.4 Å². The van der Waals surface area contributed by atoms with Crippen molar-refractivity contribution in [3.8, 4) is 11.4 Å². The molecule has 39 heavy (non-hydrogen) atoms. The number of carbonyl (C=O) groups excluding carboxylic acids is 1. The summed E-state index contributed by atoms with van der Waals surface area (Å²) in [6.07, 6.45) is -1.11. The highest BCUT2D eigenvalue weighted by molar-refractivity contribution is 7.97. The lowest BCUT2D eigenvalue weighted by Crippen LogP contribution is -2.26. The van der Waals surface area contributed by atoms with Crippen molar-refractivity contribution in [1.29, 1.82) is 0 Å². The highest BCUT2D eigenvalue weighted by Gasteiger charge is 2.29. The standard InChI is InChI=1S/C27H25FN4O4S.C2H6/c1-14-7-17-19(10-30-37-16-5-3-15(29)4-6-16)20-11-32-24(26(20)31-23(17)9-22(14)28)8-18(25(34)12-33)21(13-36-2)27(32)35;1-2/h3-9,12,25,30,34H,10-11,13,29H2,1-2H3;1-2H3. The zero-order valence-electron chi connectivity index (χ0n) is 22.2. The summed E-state index contributed by atoms with van der Waals surface area (Å²) in [4.78, 5) is 30.5. The van der Waals surface area contributed by atoms with Crippen molar-refractivity contribution in [3.05, 3.63) is 86.5 Å². The first kappa shape index (κ1) is 28.4. The van der Waals surface area contributed by atoms with E-state index in [1.165, 1.54) is 25.1 Å². The fourth-order valence-corrected chi connectivity index (χ4v) is 5.31. The third kappa shape index (κ3) is 5.46. The van der Waals surface area contributed by atoms with Crippen LogP contribution in [-0.2, 0) is 29.2 Å². The Hall–Kier alpha value is -3.57. The molecular formula is C29H31FN4O4S. The molecule has 1 aliphatic rings. The number of fused-ring (bicyclic) bond motifs is 4. The minimum Gasteiger partial charge on any atom is -0.399 e. The molecule has 204 valence electrons. The van der Waals surface area contributed by atoms with Gasteiger partial charge in [-0.2, -0.15) is 0 Å². The molecule has 0 saturated heterocycles. The van der Waals surface area contributed by atoms with E-state index in [9.17, 15) is 19.1 Å². The fourth-order valence-electron chi connectivity index (χ4n) is 4.66. The summed E-state index contributed by atoms with van der Waals surface area (Å²) in [5.41, 5.74) is 10.1. The third-order valence-electron chi connectivity index (χ3n) is 6.53. The number of aliphatic hydroxyl groups excluding tert-OH is 1. The molecule has 4 N–H and O–H groups in total. The van der Waals surface area contributed by atoms with Gasteiger partial charge in [-0.3, -0.25) is 9.52 Å². The first-order valence-corrected chi connectivity index (χ1v) is 13.4. The van der Waals surface area contributed by atoms with E-state index < -0.39 is 6.10 Å². The van der Waals surface area contributed by atoms with Gasteiger partial charge < -0.3 is 24.9 Å². The number of aldehydes is 1. The number of aromatic nitrogens is 2. The minimum atomic E-state index is -1.48. The zero-order chi connectivity index (χ0) is 28.3. The number of nitrogens with one attached hydrogen (secondary N) is 1. The lowest BCUT2D eigenvalue weighted by Gasteiger charge is -2.14. The van der Waals surface area contributed by atoms with Crippen LogP contribution >= 0.6 is 11.9 Å². The Labute approximate surface area is 230 Å². The van der Waals surface area contributed by atoms with Crippen LogP contribution in [0.25, 0.3) is 22.3 Å². The number of benzene rings is 2. The van der Waals surface area contributed by atoms with Gasteiger partial charge >= 0.3 is 0 Å². The van der Waals surface area contributed by atoms with E-state index in [2.05, 4.69) is 4.72 Å². The molecule has 2 aromatic carbocycles. The molecule has 4 aromatic rings. The molecular weight excluding hydrogens is 519 g/mol. The predicted octanol–water partition coefficient (Wildman–Crippen LogP) is 4.66. The van der Waals surface area contributed by atoms with Gasteiger partial charge in [0.05, 0.1) is 30.1 Å². The number of nitrogen functional groups attached to an aromatic ring is 1. The molecule has 0 amide bonds. The largest absolute Gasteiger partial charge is 0.399 e. The number of nitrogens with two attached hydrogens (primary N) is 1. The van der Waals surface area contributed by atoms with E-state index in [1.807, 2.05) is 38.1 Å². The molecule has 1 unspecified atom stereocenters. The normalized spacial score (nSPS) is 12.5. The van der Waals surface area contributed by atoms with Crippen molar-refractivity contribution in [3.63, 3.8) is 0 Å². The second-order valence-electron chi connectivity index (χ2n) is 8.90. The molecule has 0 fully saturated rings. The second-order valence-corrected chi connectivity index (χ2v) is 9.86. The van der Waals surface area contributed by atoms with Crippen LogP contribution in [0.15, 0.2) is 52.2 Å². The first-order chi connectivity index (χ1) is 18.8. The highest BCUT2D eigenvalue weighted by atomic mass is 32.2. The van der Waals surface area contributed by atoms with Crippen LogP contribution in [0.1, 0.15) is 47.8 Å². The summed E-state index contributed by atoms with van der Waals surface area (Å²) in [5, 5.41) is 11.1. The van der Waals surface area contributed by atoms with Gasteiger partial charge in [0.2, 0.25) is 0 Å². The SMILES string of the molecule is CC.COCc1c(C(O)C=O)cc2n(c1=O)Cc1c-2nc2cc(F)c(C)cc2c1CNSc1ccc(N)cc1. The van der Waals surface area contributed by atoms with Crippen molar-refractivity contribution < 1.29 is 19.0 Å². The number of aliphatic hydroxyl groups is 1. The summed E-state index contributed by atoms with van der Waals surface area (Å²) in [7, 11) is 1.44. The van der Waals surface area contributed by atoms with Crippen LogP contribution < -0.4 is 16.0 Å². The smallest absolute Gasteiger partial charge is 0.257 e. The number of ether oxygens (including phenoxy) is 1. The maximum absolute atomic E-state index is 14.5. The van der Waals surface area contributed by atoms with Gasteiger partial charge in [-0.1, -0.05) is 13.8 Å². The van der Waals surface area contributed by atoms with Gasteiger partial charge in [-0.25, -0.2) is 9.37 Å². The molecule has 5 rings (SSSR count). The average Bonchev–Trinajstić information content (AvgIpc) is 3.31. The number of pyridine rings is 2. The van der Waals surface area contributed by atoms with Crippen molar-refractivity contribution >= 4 is 34.8 Å². The Morgan fingerprint density at radius 1 is 1.23 bits per heavy atom. The number of aryl methyl sites for hydroxylation is 1. The number of hydrogen-bond donors (Lipinski definition) is 3. The van der Waals surface area contributed by atoms with Crippen molar-refractivity contribution in [2.75, 3.05) is 12.8 Å². The van der Waals surface area contributed by atoms with Gasteiger partial charge in [0.1, 0.15) is 11.9 Å². The first-order valence-electron chi connectivity index (χ1n) is 12.6. The average molecular weight is 551 g/mol. The summed E-state index contributed by atoms with van der Waals surface area (Å²) >= 11 is 1.43. The zero-order valence-corrected chi connectivity index (χ0v) is 23.1. The number of anilines is 1. The second kappa shape index (κ2) is 12.1. The molecule has 10 heteroatoms. The molecule has 1 aliphatic heterocycles. The number of rotatable bonds is 8. The molecule has 0 radical (unpaired) electrons. The topological polar surface area (TPSA) is 119 Å². The molecule has 0 saturated carbocycles. The third-order valence-corrected chi connectivity index (χ3v) is 7.33. The summed E-state index contributed by atoms with van der Waals surface area (Å²) in [6, 6.07) is 12.2. The summed E-state index contributed by atoms with van der Waals surface area (Å²) in [5.74, 6) is -0.377. The van der Waals surface area contributed by atoms with E-state index in [-0.39, 0.29) is 35.7 Å². The monoisotopic (exact) mass is 550 g/mol. The molecule has 0 bridgehead atoms. The molecule has 8 nitrogen and oxygen atoms in total. The van der Waals surface area contributed by atoms with Crippen LogP contribution in [0.2, 0.25) is 0 Å². The summed E-state index contributed by atoms with van der Waals surface area (Å²) < 4.78 is 24.6. The van der Waals surface area contributed by atoms with Gasteiger partial charge in [0.25, 0.3) is 5.56 Å². The van der Waals surface area contributed by atoms with Crippen LogP contribution in [0.5, 0.6) is 0 Å². The quantitative estimate of drug-likeness (QED) is 0.145. The van der Waals surface area contributed by atoms with Gasteiger partial charge in [0.15, 0.2) is 6.29 Å². The number of carbonyl (C=O) groups is 1. The number of hydrogen-bond acceptors (Lipinski definition) is 8.